The molecule has 1 atom stereocenters. The molecule has 2 aliphatic rings. The van der Waals surface area contributed by atoms with Crippen LogP contribution in [0.1, 0.15) is 27.8 Å². The summed E-state index contributed by atoms with van der Waals surface area (Å²) in [4.78, 5) is 0. The van der Waals surface area contributed by atoms with Gasteiger partial charge >= 0.3 is 0 Å². The summed E-state index contributed by atoms with van der Waals surface area (Å²) in [5.41, 5.74) is 12.1. The van der Waals surface area contributed by atoms with Crippen molar-refractivity contribution >= 4 is 14.1 Å². The summed E-state index contributed by atoms with van der Waals surface area (Å²) in [5, 5.41) is -0.111. The SMILES string of the molecule is C=C=CC1([Si](C)(C)C2c3ccccc3-c3ccccc32)C=Cc2ccccc21. The Kier molecular flexibility index (Phi) is 3.74. The predicted molar refractivity (Wildman–Crippen MR) is 122 cm³/mol. The largest absolute Gasteiger partial charge is 0.132 e. The van der Waals surface area contributed by atoms with Crippen molar-refractivity contribution in [2.24, 2.45) is 0 Å². The van der Waals surface area contributed by atoms with Crippen LogP contribution >= 0.6 is 0 Å². The molecule has 1 unspecified atom stereocenters. The molecule has 136 valence electrons. The van der Waals surface area contributed by atoms with Crippen LogP contribution in [-0.4, -0.2) is 8.07 Å². The highest BCUT2D eigenvalue weighted by atomic mass is 28.3. The average molecular weight is 377 g/mol. The molecule has 0 saturated heterocycles. The van der Waals surface area contributed by atoms with Gasteiger partial charge < -0.3 is 0 Å². The number of benzene rings is 3. The number of fused-ring (bicyclic) bond motifs is 4. The lowest BCUT2D eigenvalue weighted by Gasteiger charge is -2.45. The third-order valence-corrected chi connectivity index (χ3v) is 11.7. The molecule has 5 rings (SSSR count). The number of allylic oxidation sites excluding steroid dienone is 2. The zero-order valence-electron chi connectivity index (χ0n) is 16.4. The summed E-state index contributed by atoms with van der Waals surface area (Å²) in [6, 6.07) is 26.8. The lowest BCUT2D eigenvalue weighted by molar-refractivity contribution is 0.882. The molecule has 0 saturated carbocycles. The second-order valence-electron chi connectivity index (χ2n) is 8.47. The van der Waals surface area contributed by atoms with E-state index < -0.39 is 8.07 Å². The Balaban J connectivity index is 1.79. The van der Waals surface area contributed by atoms with Gasteiger partial charge in [0.2, 0.25) is 0 Å². The van der Waals surface area contributed by atoms with Gasteiger partial charge in [-0.1, -0.05) is 105 Å². The van der Waals surface area contributed by atoms with Crippen molar-refractivity contribution in [3.8, 4) is 11.1 Å². The number of hydrogen-bond donors (Lipinski definition) is 0. The van der Waals surface area contributed by atoms with Crippen molar-refractivity contribution in [3.63, 3.8) is 0 Å². The van der Waals surface area contributed by atoms with Crippen LogP contribution in [-0.2, 0) is 5.04 Å². The first-order chi connectivity index (χ1) is 13.6. The Hall–Kier alpha value is -2.86. The van der Waals surface area contributed by atoms with Crippen LogP contribution in [0.4, 0.5) is 0 Å². The zero-order valence-corrected chi connectivity index (χ0v) is 17.4. The molecule has 3 aromatic carbocycles. The van der Waals surface area contributed by atoms with Crippen molar-refractivity contribution in [1.82, 2.24) is 0 Å². The van der Waals surface area contributed by atoms with Crippen LogP contribution in [0, 0.1) is 0 Å². The van der Waals surface area contributed by atoms with Crippen LogP contribution < -0.4 is 0 Å². The van der Waals surface area contributed by atoms with Gasteiger partial charge in [0.25, 0.3) is 0 Å². The minimum atomic E-state index is -2.01. The summed E-state index contributed by atoms with van der Waals surface area (Å²) >= 11 is 0. The quantitative estimate of drug-likeness (QED) is 0.345. The highest BCUT2D eigenvalue weighted by molar-refractivity contribution is 6.83. The third-order valence-electron chi connectivity index (χ3n) is 6.88. The minimum Gasteiger partial charge on any atom is -0.132 e. The molecule has 0 N–H and O–H groups in total. The fourth-order valence-electron chi connectivity index (χ4n) is 5.54. The Morgan fingerprint density at radius 3 is 2.07 bits per heavy atom. The van der Waals surface area contributed by atoms with Gasteiger partial charge in [0.15, 0.2) is 0 Å². The van der Waals surface area contributed by atoms with E-state index in [1.54, 1.807) is 0 Å². The fraction of sp³-hybridized carbons (Fsp3) is 0.148. The van der Waals surface area contributed by atoms with Gasteiger partial charge in [-0.3, -0.25) is 0 Å². The molecule has 0 spiro atoms. The van der Waals surface area contributed by atoms with E-state index in [0.29, 0.717) is 5.54 Å². The summed E-state index contributed by atoms with van der Waals surface area (Å²) in [6.07, 6.45) is 6.96. The van der Waals surface area contributed by atoms with Gasteiger partial charge in [-0.25, -0.2) is 0 Å². The fourth-order valence-corrected chi connectivity index (χ4v) is 9.98. The Labute approximate surface area is 168 Å². The molecule has 0 aromatic heterocycles. The van der Waals surface area contributed by atoms with E-state index >= 15 is 0 Å². The van der Waals surface area contributed by atoms with E-state index in [2.05, 4.69) is 116 Å². The second kappa shape index (κ2) is 6.07. The van der Waals surface area contributed by atoms with E-state index in [1.165, 1.54) is 33.4 Å². The molecule has 0 radical (unpaired) electrons. The Morgan fingerprint density at radius 2 is 1.43 bits per heavy atom. The van der Waals surface area contributed by atoms with Gasteiger partial charge in [-0.2, -0.15) is 0 Å². The van der Waals surface area contributed by atoms with Crippen molar-refractivity contribution in [1.29, 1.82) is 0 Å². The van der Waals surface area contributed by atoms with E-state index in [4.69, 9.17) is 0 Å². The number of hydrogen-bond acceptors (Lipinski definition) is 0. The molecule has 0 bridgehead atoms. The van der Waals surface area contributed by atoms with Crippen LogP contribution in [0.15, 0.2) is 97.3 Å². The molecule has 2 aliphatic carbocycles. The van der Waals surface area contributed by atoms with Gasteiger partial charge in [-0.15, -0.1) is 5.73 Å². The van der Waals surface area contributed by atoms with Crippen LogP contribution in [0.2, 0.25) is 13.1 Å². The maximum Gasteiger partial charge on any atom is 0.0816 e. The highest BCUT2D eigenvalue weighted by Crippen LogP contribution is 2.56. The van der Waals surface area contributed by atoms with Crippen LogP contribution in [0.5, 0.6) is 0 Å². The van der Waals surface area contributed by atoms with E-state index in [-0.39, 0.29) is 5.04 Å². The van der Waals surface area contributed by atoms with Gasteiger partial charge in [0.1, 0.15) is 0 Å². The van der Waals surface area contributed by atoms with Gasteiger partial charge in [0.05, 0.1) is 8.07 Å². The lowest BCUT2D eigenvalue weighted by Crippen LogP contribution is -2.53. The standard InChI is InChI=1S/C27H24Si/c1-4-18-27(19-17-20-11-5-10-16-25(20)27)28(2,3)26-23-14-8-6-12-21(23)22-13-7-9-15-24(22)26/h5-19,26H,1H2,2-3H3. The van der Waals surface area contributed by atoms with Crippen LogP contribution in [0.3, 0.4) is 0 Å². The maximum absolute atomic E-state index is 3.98. The lowest BCUT2D eigenvalue weighted by atomic mass is 9.99. The van der Waals surface area contributed by atoms with Gasteiger partial charge in [0, 0.05) is 10.6 Å². The summed E-state index contributed by atoms with van der Waals surface area (Å²) in [6.45, 7) is 9.06. The smallest absolute Gasteiger partial charge is 0.0816 e. The summed E-state index contributed by atoms with van der Waals surface area (Å²) in [5.74, 6) is 0. The van der Waals surface area contributed by atoms with Crippen molar-refractivity contribution in [2.75, 3.05) is 0 Å². The zero-order chi connectivity index (χ0) is 19.4. The maximum atomic E-state index is 3.98. The average Bonchev–Trinajstić information content (AvgIpc) is 3.26. The second-order valence-corrected chi connectivity index (χ2v) is 13.3. The highest BCUT2D eigenvalue weighted by Gasteiger charge is 2.54. The number of rotatable bonds is 3. The van der Waals surface area contributed by atoms with Crippen molar-refractivity contribution in [3.05, 3.63) is 120 Å². The molecule has 3 aromatic rings. The van der Waals surface area contributed by atoms with Gasteiger partial charge in [-0.05, 0) is 39.5 Å². The molecule has 0 heterocycles. The van der Waals surface area contributed by atoms with Crippen LogP contribution in [0.25, 0.3) is 17.2 Å². The van der Waals surface area contributed by atoms with E-state index in [0.717, 1.165) is 0 Å². The minimum absolute atomic E-state index is 0.111. The Morgan fingerprint density at radius 1 is 0.857 bits per heavy atom. The summed E-state index contributed by atoms with van der Waals surface area (Å²) in [7, 11) is -2.01. The monoisotopic (exact) mass is 376 g/mol. The Bertz CT molecular complexity index is 1110. The van der Waals surface area contributed by atoms with E-state index in [1.807, 2.05) is 0 Å². The first kappa shape index (κ1) is 17.2. The molecule has 0 nitrogen and oxygen atoms in total. The molecule has 0 aliphatic heterocycles. The molecule has 28 heavy (non-hydrogen) atoms. The van der Waals surface area contributed by atoms with E-state index in [9.17, 15) is 0 Å². The van der Waals surface area contributed by atoms with Crippen molar-refractivity contribution < 1.29 is 0 Å². The van der Waals surface area contributed by atoms with Crippen molar-refractivity contribution in [2.45, 2.75) is 23.7 Å². The molecule has 0 fully saturated rings. The predicted octanol–water partition coefficient (Wildman–Crippen LogP) is 6.89. The first-order valence-corrected chi connectivity index (χ1v) is 13.0. The molecular weight excluding hydrogens is 352 g/mol. The first-order valence-electron chi connectivity index (χ1n) is 9.94. The molecule has 1 heteroatoms. The molecule has 0 amide bonds. The summed E-state index contributed by atoms with van der Waals surface area (Å²) < 4.78 is 0. The molecular formula is C27H24Si. The normalized spacial score (nSPS) is 19.6. The topological polar surface area (TPSA) is 0 Å². The third kappa shape index (κ3) is 2.12.